The monoisotopic (exact) mass is 782 g/mol. The highest BCUT2D eigenvalue weighted by Gasteiger charge is 2.46. The summed E-state index contributed by atoms with van der Waals surface area (Å²) in [5.41, 5.74) is 5.21. The molecule has 15 heteroatoms. The Morgan fingerprint density at radius 3 is 2.53 bits per heavy atom. The summed E-state index contributed by atoms with van der Waals surface area (Å²) in [6, 6.07) is 17.9. The second-order valence-corrected chi connectivity index (χ2v) is 16.0. The minimum atomic E-state index is -0.984. The second-order valence-electron chi connectivity index (χ2n) is 16.0. The zero-order valence-electron chi connectivity index (χ0n) is 32.4. The standard InChI is InChI=1S/C43H46N10O5/c1-26-5-3-19-51(26)24-36-46-32-14-13-30(23-33(32)47-36)45-40(55)29-11-9-28(10-12-29)39-44-25-52(49-39)20-4-6-27-17-21-50(22-18-27)34-8-2-7-31-38(34)43(58)53(42(31)57)35-15-16-37(54)48-41(35)56/h2,7-14,23,25-27,35H,3-6,15-22,24H2,1H3,(H,45,55)(H,46,47)(H,48,54,56)/t26-,35?/m0/s1. The number of H-pyrrole nitrogens is 1. The summed E-state index contributed by atoms with van der Waals surface area (Å²) in [4.78, 5) is 82.6. The van der Waals surface area contributed by atoms with E-state index in [-0.39, 0.29) is 18.7 Å². The van der Waals surface area contributed by atoms with Crippen molar-refractivity contribution in [1.82, 2.24) is 39.8 Å². The van der Waals surface area contributed by atoms with Crippen molar-refractivity contribution < 1.29 is 24.0 Å². The number of aromatic nitrogens is 5. The van der Waals surface area contributed by atoms with E-state index in [2.05, 4.69) is 37.3 Å². The molecule has 2 aromatic heterocycles. The first kappa shape index (κ1) is 37.4. The lowest BCUT2D eigenvalue weighted by Gasteiger charge is -2.34. The smallest absolute Gasteiger partial charge is 0.264 e. The minimum Gasteiger partial charge on any atom is -0.371 e. The molecule has 298 valence electrons. The van der Waals surface area contributed by atoms with Crippen LogP contribution in [0.3, 0.4) is 0 Å². The van der Waals surface area contributed by atoms with Crippen molar-refractivity contribution in [2.75, 3.05) is 29.9 Å². The Bertz CT molecular complexity index is 2410. The van der Waals surface area contributed by atoms with Crippen LogP contribution in [0.5, 0.6) is 0 Å². The highest BCUT2D eigenvalue weighted by molar-refractivity contribution is 6.25. The lowest BCUT2D eigenvalue weighted by Crippen LogP contribution is -2.54. The Labute approximate surface area is 335 Å². The number of likely N-dealkylation sites (tertiary alicyclic amines) is 1. The summed E-state index contributed by atoms with van der Waals surface area (Å²) in [6.07, 6.45) is 8.25. The number of hydrogen-bond acceptors (Lipinski definition) is 10. The lowest BCUT2D eigenvalue weighted by atomic mass is 9.91. The molecule has 2 atom stereocenters. The molecule has 3 N–H and O–H groups in total. The van der Waals surface area contributed by atoms with Crippen LogP contribution >= 0.6 is 0 Å². The number of aromatic amines is 1. The molecule has 0 radical (unpaired) electrons. The molecule has 5 aromatic rings. The summed E-state index contributed by atoms with van der Waals surface area (Å²) >= 11 is 0. The van der Waals surface area contributed by atoms with Crippen LogP contribution in [0, 0.1) is 5.92 Å². The van der Waals surface area contributed by atoms with Gasteiger partial charge in [0.25, 0.3) is 17.7 Å². The number of carbonyl (C=O) groups is 5. The van der Waals surface area contributed by atoms with Crippen molar-refractivity contribution in [3.8, 4) is 11.4 Å². The molecule has 4 aliphatic heterocycles. The van der Waals surface area contributed by atoms with Crippen LogP contribution in [0.25, 0.3) is 22.4 Å². The molecule has 0 bridgehead atoms. The normalized spacial score (nSPS) is 20.3. The number of hydrogen-bond donors (Lipinski definition) is 3. The van der Waals surface area contributed by atoms with Gasteiger partial charge in [-0.25, -0.2) is 9.97 Å². The molecule has 3 aromatic carbocycles. The molecule has 0 saturated carbocycles. The Morgan fingerprint density at radius 1 is 0.931 bits per heavy atom. The average Bonchev–Trinajstić information content (AvgIpc) is 4.02. The Kier molecular flexibility index (Phi) is 10.1. The maximum absolute atomic E-state index is 13.6. The molecule has 5 amide bonds. The van der Waals surface area contributed by atoms with Gasteiger partial charge in [-0.1, -0.05) is 18.2 Å². The average molecular weight is 783 g/mol. The largest absolute Gasteiger partial charge is 0.371 e. The van der Waals surface area contributed by atoms with Gasteiger partial charge in [-0.2, -0.15) is 5.10 Å². The quantitative estimate of drug-likeness (QED) is 0.152. The van der Waals surface area contributed by atoms with Crippen molar-refractivity contribution >= 4 is 51.9 Å². The molecule has 3 fully saturated rings. The number of fused-ring (bicyclic) bond motifs is 2. The lowest BCUT2D eigenvalue weighted by molar-refractivity contribution is -0.136. The SMILES string of the molecule is C[C@H]1CCCN1Cc1nc2ccc(NC(=O)c3ccc(-c4ncn(CCCC5CCN(c6cccc7c6C(=O)N(C6CCC(=O)NC6=O)C7=O)CC5)n4)cc3)cc2[nH]1. The van der Waals surface area contributed by atoms with Gasteiger partial charge in [-0.15, -0.1) is 0 Å². The first-order valence-corrected chi connectivity index (χ1v) is 20.3. The molecule has 4 aliphatic rings. The number of piperidine rings is 2. The third-order valence-corrected chi connectivity index (χ3v) is 12.2. The van der Waals surface area contributed by atoms with Crippen LogP contribution in [0.15, 0.2) is 67.0 Å². The van der Waals surface area contributed by atoms with Gasteiger partial charge in [-0.05, 0) is 107 Å². The predicted octanol–water partition coefficient (Wildman–Crippen LogP) is 5.16. The summed E-state index contributed by atoms with van der Waals surface area (Å²) in [7, 11) is 0. The topological polar surface area (TPSA) is 179 Å². The Balaban J connectivity index is 0.746. The fraction of sp³-hybridized carbons (Fsp3) is 0.395. The number of benzene rings is 3. The molecule has 0 spiro atoms. The zero-order chi connectivity index (χ0) is 39.9. The number of amides is 5. The van der Waals surface area contributed by atoms with E-state index in [0.717, 1.165) is 91.4 Å². The zero-order valence-corrected chi connectivity index (χ0v) is 32.4. The second kappa shape index (κ2) is 15.6. The van der Waals surface area contributed by atoms with Crippen LogP contribution in [-0.2, 0) is 22.7 Å². The van der Waals surface area contributed by atoms with Crippen molar-refractivity contribution in [3.63, 3.8) is 0 Å². The van der Waals surface area contributed by atoms with E-state index in [9.17, 15) is 24.0 Å². The first-order valence-electron chi connectivity index (χ1n) is 20.3. The van der Waals surface area contributed by atoms with Crippen molar-refractivity contribution in [2.24, 2.45) is 5.92 Å². The predicted molar refractivity (Wildman–Crippen MR) is 216 cm³/mol. The maximum atomic E-state index is 13.6. The fourth-order valence-corrected chi connectivity index (χ4v) is 8.91. The van der Waals surface area contributed by atoms with Gasteiger partial charge in [0.15, 0.2) is 5.82 Å². The van der Waals surface area contributed by atoms with Gasteiger partial charge in [0.1, 0.15) is 18.2 Å². The van der Waals surface area contributed by atoms with Crippen LogP contribution in [-0.4, -0.2) is 95.8 Å². The molecule has 58 heavy (non-hydrogen) atoms. The summed E-state index contributed by atoms with van der Waals surface area (Å²) < 4.78 is 1.86. The first-order chi connectivity index (χ1) is 28.2. The van der Waals surface area contributed by atoms with Crippen LogP contribution in [0.2, 0.25) is 0 Å². The number of nitrogens with zero attached hydrogens (tertiary/aromatic N) is 7. The van der Waals surface area contributed by atoms with Gasteiger partial charge in [0.2, 0.25) is 11.8 Å². The van der Waals surface area contributed by atoms with Crippen LogP contribution in [0.4, 0.5) is 11.4 Å². The molecule has 9 rings (SSSR count). The number of rotatable bonds is 11. The van der Waals surface area contributed by atoms with Crippen molar-refractivity contribution in [1.29, 1.82) is 0 Å². The Hall–Kier alpha value is -6.22. The van der Waals surface area contributed by atoms with Gasteiger partial charge >= 0.3 is 0 Å². The number of imidazole rings is 1. The number of aryl methyl sites for hydroxylation is 1. The molecular weight excluding hydrogens is 737 g/mol. The summed E-state index contributed by atoms with van der Waals surface area (Å²) in [6.45, 7) is 6.38. The highest BCUT2D eigenvalue weighted by atomic mass is 16.2. The fourth-order valence-electron chi connectivity index (χ4n) is 8.91. The van der Waals surface area contributed by atoms with Crippen LogP contribution in [0.1, 0.15) is 95.2 Å². The minimum absolute atomic E-state index is 0.0871. The van der Waals surface area contributed by atoms with E-state index >= 15 is 0 Å². The van der Waals surface area contributed by atoms with E-state index in [1.54, 1.807) is 30.6 Å². The third kappa shape index (κ3) is 7.37. The van der Waals surface area contributed by atoms with Gasteiger partial charge in [0, 0.05) is 48.9 Å². The van der Waals surface area contributed by atoms with E-state index in [4.69, 9.17) is 10.1 Å². The van der Waals surface area contributed by atoms with Crippen molar-refractivity contribution in [2.45, 2.75) is 83.5 Å². The van der Waals surface area contributed by atoms with E-state index in [1.807, 2.05) is 41.1 Å². The number of anilines is 2. The maximum Gasteiger partial charge on any atom is 0.264 e. The van der Waals surface area contributed by atoms with E-state index in [1.165, 1.54) is 12.8 Å². The molecule has 0 aliphatic carbocycles. The van der Waals surface area contributed by atoms with Gasteiger partial charge in [-0.3, -0.25) is 43.8 Å². The molecule has 1 unspecified atom stereocenters. The van der Waals surface area contributed by atoms with Gasteiger partial charge < -0.3 is 15.2 Å². The van der Waals surface area contributed by atoms with Crippen molar-refractivity contribution in [3.05, 3.63) is 89.5 Å². The van der Waals surface area contributed by atoms with Crippen LogP contribution < -0.4 is 15.5 Å². The number of carbonyl (C=O) groups excluding carboxylic acids is 5. The van der Waals surface area contributed by atoms with Gasteiger partial charge in [0.05, 0.1) is 34.4 Å². The highest BCUT2D eigenvalue weighted by Crippen LogP contribution is 2.36. The molecule has 6 heterocycles. The molecule has 3 saturated heterocycles. The molecular formula is C43H46N10O5. The number of nitrogens with one attached hydrogen (secondary N) is 3. The summed E-state index contributed by atoms with van der Waals surface area (Å²) in [5, 5.41) is 9.96. The number of imide groups is 2. The third-order valence-electron chi connectivity index (χ3n) is 12.2. The van der Waals surface area contributed by atoms with E-state index < -0.39 is 29.7 Å². The van der Waals surface area contributed by atoms with E-state index in [0.29, 0.717) is 40.2 Å². The molecule has 15 nitrogen and oxygen atoms in total. The summed E-state index contributed by atoms with van der Waals surface area (Å²) in [5.74, 6) is -0.118. The Morgan fingerprint density at radius 2 is 1.76 bits per heavy atom.